The van der Waals surface area contributed by atoms with Crippen LogP contribution in [0.1, 0.15) is 37.9 Å². The zero-order chi connectivity index (χ0) is 32.5. The summed E-state index contributed by atoms with van der Waals surface area (Å²) in [4.78, 5) is 40.9. The molecule has 5 aromatic rings. The molecule has 8 heteroatoms. The molecule has 1 unspecified atom stereocenters. The highest BCUT2D eigenvalue weighted by Crippen LogP contribution is 2.37. The van der Waals surface area contributed by atoms with E-state index in [4.69, 9.17) is 11.6 Å². The Morgan fingerprint density at radius 3 is 1.93 bits per heavy atom. The molecule has 0 fully saturated rings. The van der Waals surface area contributed by atoms with Crippen LogP contribution in [0.15, 0.2) is 138 Å². The predicted molar refractivity (Wildman–Crippen MR) is 188 cm³/mol. The molecule has 0 radical (unpaired) electrons. The lowest BCUT2D eigenvalue weighted by molar-refractivity contribution is -0.116. The molecule has 0 aromatic heterocycles. The van der Waals surface area contributed by atoms with Gasteiger partial charge in [0.05, 0.1) is 0 Å². The largest absolute Gasteiger partial charge is 0.324 e. The molecule has 0 spiro atoms. The summed E-state index contributed by atoms with van der Waals surface area (Å²) in [6.45, 7) is 3.95. The molecule has 0 aliphatic rings. The number of amides is 3. The van der Waals surface area contributed by atoms with Gasteiger partial charge in [0.15, 0.2) is 0 Å². The van der Waals surface area contributed by atoms with Gasteiger partial charge in [0.25, 0.3) is 11.8 Å². The standard InChI is InChI=1S/C38H32ClN3O3S/c1-25-10-9-11-26(2)34(25)42-38(45)35(28-12-5-3-6-13-28)46-32-22-20-31(21-23-32)40-37(44)33(24-27-16-18-30(39)19-17-27)41-36(43)29-14-7-4-8-15-29/h3-24,35H,1-2H3,(H,40,44)(H,41,43)(H,42,45)/b33-24-. The second-order valence-corrected chi connectivity index (χ2v) is 12.2. The van der Waals surface area contributed by atoms with Crippen LogP contribution >= 0.6 is 23.4 Å². The Labute approximate surface area is 277 Å². The van der Waals surface area contributed by atoms with Gasteiger partial charge in [0, 0.05) is 26.9 Å². The smallest absolute Gasteiger partial charge is 0.272 e. The number of carbonyl (C=O) groups is 3. The number of hydrogen-bond donors (Lipinski definition) is 3. The van der Waals surface area contributed by atoms with Gasteiger partial charge in [-0.2, -0.15) is 0 Å². The van der Waals surface area contributed by atoms with Crippen molar-refractivity contribution in [3.05, 3.63) is 166 Å². The molecule has 5 aromatic carbocycles. The van der Waals surface area contributed by atoms with Crippen LogP contribution in [0.4, 0.5) is 11.4 Å². The lowest BCUT2D eigenvalue weighted by Crippen LogP contribution is -2.30. The highest BCUT2D eigenvalue weighted by molar-refractivity contribution is 8.00. The van der Waals surface area contributed by atoms with E-state index >= 15 is 0 Å². The topological polar surface area (TPSA) is 87.3 Å². The minimum absolute atomic E-state index is 0.0712. The van der Waals surface area contributed by atoms with Crippen molar-refractivity contribution in [3.8, 4) is 0 Å². The number of carbonyl (C=O) groups excluding carboxylic acids is 3. The number of para-hydroxylation sites is 1. The monoisotopic (exact) mass is 645 g/mol. The molecule has 3 amide bonds. The van der Waals surface area contributed by atoms with Gasteiger partial charge >= 0.3 is 0 Å². The second kappa shape index (κ2) is 15.3. The molecule has 0 heterocycles. The highest BCUT2D eigenvalue weighted by Gasteiger charge is 2.23. The van der Waals surface area contributed by atoms with Crippen LogP contribution in [0, 0.1) is 13.8 Å². The fourth-order valence-electron chi connectivity index (χ4n) is 4.72. The van der Waals surface area contributed by atoms with Gasteiger partial charge in [-0.1, -0.05) is 90.5 Å². The Morgan fingerprint density at radius 2 is 1.30 bits per heavy atom. The normalized spacial score (nSPS) is 11.8. The number of anilines is 2. The van der Waals surface area contributed by atoms with Gasteiger partial charge < -0.3 is 16.0 Å². The maximum atomic E-state index is 13.6. The molecule has 230 valence electrons. The predicted octanol–water partition coefficient (Wildman–Crippen LogP) is 8.84. The van der Waals surface area contributed by atoms with E-state index in [0.29, 0.717) is 21.8 Å². The van der Waals surface area contributed by atoms with Crippen molar-refractivity contribution in [2.24, 2.45) is 0 Å². The molecule has 1 atom stereocenters. The quantitative estimate of drug-likeness (QED) is 0.105. The van der Waals surface area contributed by atoms with Gasteiger partial charge in [-0.3, -0.25) is 14.4 Å². The highest BCUT2D eigenvalue weighted by atomic mass is 35.5. The minimum atomic E-state index is -0.511. The molecule has 5 rings (SSSR count). The summed E-state index contributed by atoms with van der Waals surface area (Å²) >= 11 is 7.45. The fourth-order valence-corrected chi connectivity index (χ4v) is 5.87. The van der Waals surface area contributed by atoms with Crippen molar-refractivity contribution in [3.63, 3.8) is 0 Å². The van der Waals surface area contributed by atoms with Gasteiger partial charge in [-0.15, -0.1) is 11.8 Å². The van der Waals surface area contributed by atoms with Crippen LogP contribution in [-0.2, 0) is 9.59 Å². The Kier molecular flexibility index (Phi) is 10.7. The van der Waals surface area contributed by atoms with Crippen LogP contribution in [-0.4, -0.2) is 17.7 Å². The van der Waals surface area contributed by atoms with E-state index in [9.17, 15) is 14.4 Å². The number of nitrogens with one attached hydrogen (secondary N) is 3. The minimum Gasteiger partial charge on any atom is -0.324 e. The molecular weight excluding hydrogens is 614 g/mol. The van der Waals surface area contributed by atoms with Gasteiger partial charge in [0.2, 0.25) is 5.91 Å². The lowest BCUT2D eigenvalue weighted by Gasteiger charge is -2.19. The Morgan fingerprint density at radius 1 is 0.696 bits per heavy atom. The van der Waals surface area contributed by atoms with E-state index in [2.05, 4.69) is 16.0 Å². The van der Waals surface area contributed by atoms with Gasteiger partial charge in [-0.05, 0) is 90.7 Å². The van der Waals surface area contributed by atoms with Crippen LogP contribution in [0.25, 0.3) is 6.08 Å². The first-order chi connectivity index (χ1) is 22.3. The first-order valence-corrected chi connectivity index (χ1v) is 15.9. The van der Waals surface area contributed by atoms with E-state index in [0.717, 1.165) is 27.3 Å². The third-order valence-electron chi connectivity index (χ3n) is 7.15. The zero-order valence-corrected chi connectivity index (χ0v) is 26.9. The van der Waals surface area contributed by atoms with Crippen molar-refractivity contribution in [1.82, 2.24) is 5.32 Å². The lowest BCUT2D eigenvalue weighted by atomic mass is 10.1. The molecular formula is C38H32ClN3O3S. The third kappa shape index (κ3) is 8.53. The summed E-state index contributed by atoms with van der Waals surface area (Å²) in [6, 6.07) is 38.4. The number of rotatable bonds is 10. The van der Waals surface area contributed by atoms with Crippen molar-refractivity contribution < 1.29 is 14.4 Å². The van der Waals surface area contributed by atoms with Crippen LogP contribution in [0.5, 0.6) is 0 Å². The molecule has 3 N–H and O–H groups in total. The van der Waals surface area contributed by atoms with Crippen molar-refractivity contribution in [2.45, 2.75) is 24.0 Å². The van der Waals surface area contributed by atoms with E-state index in [1.54, 1.807) is 66.7 Å². The average molecular weight is 646 g/mol. The number of aryl methyl sites for hydroxylation is 2. The van der Waals surface area contributed by atoms with Crippen LogP contribution < -0.4 is 16.0 Å². The number of hydrogen-bond acceptors (Lipinski definition) is 4. The molecule has 0 saturated carbocycles. The second-order valence-electron chi connectivity index (χ2n) is 10.6. The molecule has 46 heavy (non-hydrogen) atoms. The zero-order valence-electron chi connectivity index (χ0n) is 25.3. The molecule has 0 saturated heterocycles. The third-order valence-corrected chi connectivity index (χ3v) is 8.66. The van der Waals surface area contributed by atoms with Crippen molar-refractivity contribution in [2.75, 3.05) is 10.6 Å². The van der Waals surface area contributed by atoms with Crippen molar-refractivity contribution in [1.29, 1.82) is 0 Å². The summed E-state index contributed by atoms with van der Waals surface area (Å²) < 4.78 is 0. The maximum Gasteiger partial charge on any atom is 0.272 e. The number of thioether (sulfide) groups is 1. The summed E-state index contributed by atoms with van der Waals surface area (Å²) in [5.74, 6) is -1.03. The fraction of sp³-hybridized carbons (Fsp3) is 0.0789. The van der Waals surface area contributed by atoms with Crippen LogP contribution in [0.2, 0.25) is 5.02 Å². The molecule has 0 bridgehead atoms. The number of halogens is 1. The molecule has 6 nitrogen and oxygen atoms in total. The van der Waals surface area contributed by atoms with E-state index in [1.165, 1.54) is 11.8 Å². The first kappa shape index (κ1) is 32.3. The SMILES string of the molecule is Cc1cccc(C)c1NC(=O)C(Sc1ccc(NC(=O)/C(=C/c2ccc(Cl)cc2)NC(=O)c2ccccc2)cc1)c1ccccc1. The Hall–Kier alpha value is -5.11. The summed E-state index contributed by atoms with van der Waals surface area (Å²) in [5.41, 5.74) is 5.40. The molecule has 0 aliphatic carbocycles. The van der Waals surface area contributed by atoms with Crippen molar-refractivity contribution >= 4 is 58.5 Å². The van der Waals surface area contributed by atoms with E-state index in [-0.39, 0.29) is 11.6 Å². The molecule has 0 aliphatic heterocycles. The summed E-state index contributed by atoms with van der Waals surface area (Å²) in [6.07, 6.45) is 1.59. The Balaban J connectivity index is 1.33. The number of benzene rings is 5. The van der Waals surface area contributed by atoms with E-state index in [1.807, 2.05) is 80.6 Å². The summed E-state index contributed by atoms with van der Waals surface area (Å²) in [7, 11) is 0. The first-order valence-electron chi connectivity index (χ1n) is 14.6. The van der Waals surface area contributed by atoms with E-state index < -0.39 is 17.1 Å². The van der Waals surface area contributed by atoms with Gasteiger partial charge in [0.1, 0.15) is 10.9 Å². The van der Waals surface area contributed by atoms with Crippen LogP contribution in [0.3, 0.4) is 0 Å². The Bertz CT molecular complexity index is 1840. The summed E-state index contributed by atoms with van der Waals surface area (Å²) in [5, 5.41) is 8.80. The average Bonchev–Trinajstić information content (AvgIpc) is 3.07. The van der Waals surface area contributed by atoms with Gasteiger partial charge in [-0.25, -0.2) is 0 Å². The maximum absolute atomic E-state index is 13.6.